The van der Waals surface area contributed by atoms with Crippen LogP contribution in [0, 0.1) is 12.1 Å². The van der Waals surface area contributed by atoms with Gasteiger partial charge in [0.15, 0.2) is 0 Å². The smallest absolute Gasteiger partial charge is 0.545 e. The molecule has 0 aliphatic rings. The van der Waals surface area contributed by atoms with Gasteiger partial charge in [-0.15, -0.1) is 5.69 Å². The van der Waals surface area contributed by atoms with E-state index in [1.807, 2.05) is 0 Å². The minimum atomic E-state index is -1.51. The predicted octanol–water partition coefficient (Wildman–Crippen LogP) is -11.6. The molecule has 0 amide bonds. The molecule has 0 spiro atoms. The first kappa shape index (κ1) is 29.7. The van der Waals surface area contributed by atoms with E-state index in [1.54, 1.807) is 18.2 Å². The average molecular weight is 358 g/mol. The summed E-state index contributed by atoms with van der Waals surface area (Å²) in [7, 11) is 0. The van der Waals surface area contributed by atoms with Crippen LogP contribution >= 0.6 is 0 Å². The van der Waals surface area contributed by atoms with Crippen LogP contribution in [0.3, 0.4) is 0 Å². The summed E-state index contributed by atoms with van der Waals surface area (Å²) in [6.45, 7) is 0. The summed E-state index contributed by atoms with van der Waals surface area (Å²) >= 11 is 0. The summed E-state index contributed by atoms with van der Waals surface area (Å²) in [5, 5.41) is 29.2. The maximum Gasteiger partial charge on any atom is 1.00 e. The van der Waals surface area contributed by atoms with Crippen LogP contribution in [0.25, 0.3) is 0 Å². The van der Waals surface area contributed by atoms with Gasteiger partial charge in [-0.1, -0.05) is 0 Å². The van der Waals surface area contributed by atoms with Gasteiger partial charge in [0.05, 0.1) is 17.6 Å². The zero-order valence-corrected chi connectivity index (χ0v) is 22.0. The molecule has 0 saturated heterocycles. The van der Waals surface area contributed by atoms with E-state index in [9.17, 15) is 19.8 Å². The van der Waals surface area contributed by atoms with Crippen molar-refractivity contribution in [3.8, 4) is 0 Å². The van der Waals surface area contributed by atoms with Crippen molar-refractivity contribution in [2.75, 3.05) is 0 Å². The zero-order chi connectivity index (χ0) is 14.5. The molecule has 0 fully saturated rings. The summed E-state index contributed by atoms with van der Waals surface area (Å²) in [6.07, 6.45) is 0. The molecule has 0 N–H and O–H groups in total. The minimum absolute atomic E-state index is 0. The molecule has 2 aromatic carbocycles. The van der Waals surface area contributed by atoms with Gasteiger partial charge >= 0.3 is 118 Å². The van der Waals surface area contributed by atoms with Gasteiger partial charge in [-0.2, -0.15) is 5.11 Å². The Morgan fingerprint density at radius 3 is 1.58 bits per heavy atom. The molecular weight excluding hydrogens is 352 g/mol. The summed E-state index contributed by atoms with van der Waals surface area (Å²) in [5.41, 5.74) is -0.116. The normalized spacial score (nSPS) is 8.83. The molecule has 0 unspecified atom stereocenters. The van der Waals surface area contributed by atoms with Crippen LogP contribution in [-0.4, -0.2) is 11.9 Å². The Labute approximate surface area is 227 Å². The fraction of sp³-hybridized carbons (Fsp3) is 0. The quantitative estimate of drug-likeness (QED) is 0.307. The van der Waals surface area contributed by atoms with Gasteiger partial charge in [0.1, 0.15) is 0 Å². The molecule has 0 bridgehead atoms. The standard InChI is InChI=1S/C14H8N2O4.4Na/c17-13(18)9-6-10(14(19)20)8-12(7-9)16-15-11-4-2-1-3-5-11;;;;/h1,4-8H,(H,17,18)(H,19,20);;;;/q-2;4*+1/p-2. The Kier molecular flexibility index (Phi) is 18.7. The molecule has 24 heavy (non-hydrogen) atoms. The van der Waals surface area contributed by atoms with Gasteiger partial charge in [-0.25, -0.2) is 0 Å². The van der Waals surface area contributed by atoms with E-state index in [4.69, 9.17) is 0 Å². The molecule has 0 heterocycles. The van der Waals surface area contributed by atoms with Crippen molar-refractivity contribution < 1.29 is 138 Å². The van der Waals surface area contributed by atoms with Gasteiger partial charge in [-0.05, 0) is 18.2 Å². The number of carboxylic acids is 2. The number of nitrogens with zero attached hydrogens (tertiary/aromatic N) is 2. The van der Waals surface area contributed by atoms with Crippen molar-refractivity contribution in [1.29, 1.82) is 0 Å². The van der Waals surface area contributed by atoms with Crippen LogP contribution in [0.4, 0.5) is 11.4 Å². The van der Waals surface area contributed by atoms with Crippen LogP contribution in [0.1, 0.15) is 20.7 Å². The van der Waals surface area contributed by atoms with Crippen LogP contribution in [0.5, 0.6) is 0 Å². The molecule has 0 aliphatic heterocycles. The topological polar surface area (TPSA) is 105 Å². The fourth-order valence-corrected chi connectivity index (χ4v) is 1.42. The van der Waals surface area contributed by atoms with Gasteiger partial charge in [-0.3, -0.25) is 17.2 Å². The first-order valence-corrected chi connectivity index (χ1v) is 5.43. The molecule has 0 saturated carbocycles. The van der Waals surface area contributed by atoms with Gasteiger partial charge in [0, 0.05) is 11.1 Å². The second-order valence-electron chi connectivity index (χ2n) is 3.73. The van der Waals surface area contributed by atoms with Crippen LogP contribution in [0.15, 0.2) is 46.6 Å². The van der Waals surface area contributed by atoms with E-state index in [0.717, 1.165) is 18.2 Å². The van der Waals surface area contributed by atoms with Crippen molar-refractivity contribution >= 4 is 23.3 Å². The van der Waals surface area contributed by atoms with Gasteiger partial charge in [0.2, 0.25) is 0 Å². The van der Waals surface area contributed by atoms with E-state index >= 15 is 0 Å². The maximum absolute atomic E-state index is 10.8. The Balaban J connectivity index is -0.00000110. The number of aromatic carboxylic acids is 2. The average Bonchev–Trinajstić information content (AvgIpc) is 2.45. The number of benzene rings is 2. The Bertz CT molecular complexity index is 664. The summed E-state index contributed by atoms with van der Waals surface area (Å²) in [5.74, 6) is -3.02. The molecule has 6 nitrogen and oxygen atoms in total. The molecule has 10 heteroatoms. The second kappa shape index (κ2) is 15.1. The molecule has 0 aromatic heterocycles. The van der Waals surface area contributed by atoms with Crippen LogP contribution in [0.2, 0.25) is 0 Å². The molecule has 0 atom stereocenters. The van der Waals surface area contributed by atoms with Crippen molar-refractivity contribution in [2.45, 2.75) is 0 Å². The molecule has 0 radical (unpaired) electrons. The number of carbonyl (C=O) groups excluding carboxylic acids is 2. The Morgan fingerprint density at radius 2 is 1.17 bits per heavy atom. The maximum atomic E-state index is 10.8. The summed E-state index contributed by atoms with van der Waals surface area (Å²) in [4.78, 5) is 21.6. The summed E-state index contributed by atoms with van der Waals surface area (Å²) < 4.78 is 0. The van der Waals surface area contributed by atoms with Gasteiger partial charge < -0.3 is 38.0 Å². The number of hydrogen-bond donors (Lipinski definition) is 0. The van der Waals surface area contributed by atoms with Crippen LogP contribution < -0.4 is 128 Å². The third kappa shape index (κ3) is 9.62. The first-order chi connectivity index (χ1) is 9.56. The molecule has 2 aromatic rings. The van der Waals surface area contributed by atoms with Crippen molar-refractivity contribution in [3.63, 3.8) is 0 Å². The first-order valence-electron chi connectivity index (χ1n) is 5.43. The van der Waals surface area contributed by atoms with Gasteiger partial charge in [0.25, 0.3) is 0 Å². The number of rotatable bonds is 4. The number of carbonyl (C=O) groups is 2. The van der Waals surface area contributed by atoms with Crippen molar-refractivity contribution in [3.05, 3.63) is 59.7 Å². The monoisotopic (exact) mass is 358 g/mol. The molecule has 100 valence electrons. The van der Waals surface area contributed by atoms with E-state index in [0.29, 0.717) is 5.69 Å². The number of azo groups is 1. The minimum Gasteiger partial charge on any atom is -0.545 e. The van der Waals surface area contributed by atoms with Crippen molar-refractivity contribution in [1.82, 2.24) is 0 Å². The van der Waals surface area contributed by atoms with E-state index < -0.39 is 11.9 Å². The van der Waals surface area contributed by atoms with E-state index in [-0.39, 0.29) is 135 Å². The molecule has 0 aliphatic carbocycles. The molecular formula is C14H6N2Na4O4. The van der Waals surface area contributed by atoms with E-state index in [2.05, 4.69) is 22.4 Å². The number of hydrogen-bond acceptors (Lipinski definition) is 6. The van der Waals surface area contributed by atoms with Crippen LogP contribution in [-0.2, 0) is 0 Å². The SMILES string of the molecule is O=C([O-])c1cc(N=Nc2c[c-]c[c-]c2)cc(C(=O)[O-])c1.[Na+].[Na+].[Na+].[Na+]. The summed E-state index contributed by atoms with van der Waals surface area (Å²) in [6, 6.07) is 13.4. The Morgan fingerprint density at radius 1 is 0.750 bits per heavy atom. The van der Waals surface area contributed by atoms with Crippen molar-refractivity contribution in [2.24, 2.45) is 10.2 Å². The third-order valence-electron chi connectivity index (χ3n) is 2.30. The van der Waals surface area contributed by atoms with E-state index in [1.165, 1.54) is 0 Å². The zero-order valence-electron chi connectivity index (χ0n) is 14.0. The Hall–Kier alpha value is 0.980. The fourth-order valence-electron chi connectivity index (χ4n) is 1.42. The molecule has 2 rings (SSSR count). The number of carboxylic acid groups (broad SMARTS) is 2. The largest absolute Gasteiger partial charge is 1.00 e. The third-order valence-corrected chi connectivity index (χ3v) is 2.30. The second-order valence-corrected chi connectivity index (χ2v) is 3.73. The predicted molar refractivity (Wildman–Crippen MR) is 63.4 cm³/mol.